The van der Waals surface area contributed by atoms with Gasteiger partial charge in [0.2, 0.25) is 0 Å². The molecule has 27 heavy (non-hydrogen) atoms. The van der Waals surface area contributed by atoms with E-state index >= 15 is 0 Å². The second-order valence-corrected chi connectivity index (χ2v) is 6.11. The molecule has 2 aromatic carbocycles. The highest BCUT2D eigenvalue weighted by Crippen LogP contribution is 2.32. The molecule has 0 atom stereocenters. The number of fused-ring (bicyclic) bond motifs is 1. The first-order valence-corrected chi connectivity index (χ1v) is 7.85. The predicted molar refractivity (Wildman–Crippen MR) is 96.4 cm³/mol. The molecule has 0 aliphatic rings. The van der Waals surface area contributed by atoms with E-state index in [1.807, 2.05) is 0 Å². The van der Waals surface area contributed by atoms with Gasteiger partial charge in [-0.05, 0) is 18.2 Å². The Morgan fingerprint density at radius 1 is 1.22 bits per heavy atom. The number of nitrogens with two attached hydrogens (primary N) is 1. The van der Waals surface area contributed by atoms with Gasteiger partial charge in [0, 0.05) is 11.8 Å². The predicted octanol–water partition coefficient (Wildman–Crippen LogP) is 3.66. The van der Waals surface area contributed by atoms with Crippen molar-refractivity contribution in [3.63, 3.8) is 0 Å². The van der Waals surface area contributed by atoms with Gasteiger partial charge in [0.15, 0.2) is 17.1 Å². The molecule has 140 valence electrons. The highest BCUT2D eigenvalue weighted by Gasteiger charge is 2.21. The minimum absolute atomic E-state index is 0.0296. The van der Waals surface area contributed by atoms with Crippen LogP contribution in [0.2, 0.25) is 5.02 Å². The zero-order valence-electron chi connectivity index (χ0n) is 13.6. The summed E-state index contributed by atoms with van der Waals surface area (Å²) in [4.78, 5) is 12.5. The maximum atomic E-state index is 14.0. The number of hydrogen-bond acceptors (Lipinski definition) is 4. The maximum absolute atomic E-state index is 14.0. The molecule has 4 N–H and O–H groups in total. The fraction of sp³-hybridized carbons (Fsp3) is 0.0556. The van der Waals surface area contributed by atoms with Gasteiger partial charge in [-0.1, -0.05) is 18.2 Å². The van der Waals surface area contributed by atoms with Crippen molar-refractivity contribution < 1.29 is 23.4 Å². The van der Waals surface area contributed by atoms with E-state index in [4.69, 9.17) is 17.3 Å². The molecule has 0 aliphatic carbocycles. The molecule has 9 heteroatoms. The van der Waals surface area contributed by atoms with Crippen molar-refractivity contribution in [1.29, 1.82) is 0 Å². The molecule has 0 fully saturated rings. The van der Waals surface area contributed by atoms with Gasteiger partial charge in [-0.2, -0.15) is 0 Å². The van der Waals surface area contributed by atoms with Gasteiger partial charge in [-0.15, -0.1) is 0 Å². The molecular weight excluding hydrogens is 385 g/mol. The second kappa shape index (κ2) is 6.64. The lowest BCUT2D eigenvalue weighted by molar-refractivity contribution is 0.281. The molecule has 0 unspecified atom stereocenters. The standard InChI is InChI=1S/C18H12ClF3N2O3/c1-7(26)10-5-24(14-4-13(23)11(20)2-8(14)6-25)17-9(18(10)27)3-12(21)16(22)15(17)19/h2-5,25-26H,1,6,23H2. The molecule has 3 rings (SSSR count). The molecule has 5 nitrogen and oxygen atoms in total. The molecule has 0 bridgehead atoms. The summed E-state index contributed by atoms with van der Waals surface area (Å²) in [5.74, 6) is -4.19. The van der Waals surface area contributed by atoms with Crippen LogP contribution in [0.4, 0.5) is 18.9 Å². The summed E-state index contributed by atoms with van der Waals surface area (Å²) in [6.07, 6.45) is 1.07. The third-order valence-electron chi connectivity index (χ3n) is 4.06. The monoisotopic (exact) mass is 396 g/mol. The first-order chi connectivity index (χ1) is 12.7. The van der Waals surface area contributed by atoms with Crippen molar-refractivity contribution in [2.45, 2.75) is 6.61 Å². The van der Waals surface area contributed by atoms with Crippen LogP contribution < -0.4 is 11.2 Å². The fourth-order valence-corrected chi connectivity index (χ4v) is 3.04. The van der Waals surface area contributed by atoms with Crippen LogP contribution in [-0.2, 0) is 6.61 Å². The summed E-state index contributed by atoms with van der Waals surface area (Å²) in [6.45, 7) is 2.64. The SMILES string of the molecule is C=C(O)c1cn(-c2cc(N)c(F)cc2CO)c2c(Cl)c(F)c(F)cc2c1=O. The highest BCUT2D eigenvalue weighted by atomic mass is 35.5. The van der Waals surface area contributed by atoms with Gasteiger partial charge in [0.25, 0.3) is 0 Å². The summed E-state index contributed by atoms with van der Waals surface area (Å²) in [7, 11) is 0. The van der Waals surface area contributed by atoms with E-state index in [2.05, 4.69) is 6.58 Å². The Hall–Kier alpha value is -2.97. The molecule has 0 aliphatic heterocycles. The lowest BCUT2D eigenvalue weighted by Gasteiger charge is -2.18. The summed E-state index contributed by atoms with van der Waals surface area (Å²) >= 11 is 5.93. The van der Waals surface area contributed by atoms with E-state index in [0.717, 1.165) is 22.9 Å². The van der Waals surface area contributed by atoms with Crippen LogP contribution in [0, 0.1) is 17.5 Å². The first-order valence-electron chi connectivity index (χ1n) is 7.47. The van der Waals surface area contributed by atoms with Crippen LogP contribution in [0.25, 0.3) is 22.3 Å². The minimum atomic E-state index is -1.39. The largest absolute Gasteiger partial charge is 0.508 e. The van der Waals surface area contributed by atoms with Crippen molar-refractivity contribution in [2.24, 2.45) is 0 Å². The van der Waals surface area contributed by atoms with Gasteiger partial charge < -0.3 is 20.5 Å². The molecule has 0 radical (unpaired) electrons. The molecule has 0 amide bonds. The average molecular weight is 397 g/mol. The van der Waals surface area contributed by atoms with Gasteiger partial charge >= 0.3 is 0 Å². The number of aliphatic hydroxyl groups is 2. The first kappa shape index (κ1) is 18.8. The van der Waals surface area contributed by atoms with Gasteiger partial charge in [0.05, 0.1) is 34.4 Å². The highest BCUT2D eigenvalue weighted by molar-refractivity contribution is 6.35. The van der Waals surface area contributed by atoms with Crippen LogP contribution in [0.3, 0.4) is 0 Å². The molecule has 1 aromatic heterocycles. The number of aromatic nitrogens is 1. The average Bonchev–Trinajstić information content (AvgIpc) is 2.62. The van der Waals surface area contributed by atoms with Crippen molar-refractivity contribution >= 4 is 34.0 Å². The van der Waals surface area contributed by atoms with Crippen LogP contribution in [0.15, 0.2) is 35.8 Å². The number of nitrogens with zero attached hydrogens (tertiary/aromatic N) is 1. The zero-order chi connectivity index (χ0) is 20.0. The van der Waals surface area contributed by atoms with Crippen LogP contribution >= 0.6 is 11.6 Å². The lowest BCUT2D eigenvalue weighted by Crippen LogP contribution is -2.16. The van der Waals surface area contributed by atoms with E-state index in [1.54, 1.807) is 0 Å². The Kier molecular flexibility index (Phi) is 4.63. The number of halogens is 4. The van der Waals surface area contributed by atoms with Gasteiger partial charge in [-0.3, -0.25) is 4.79 Å². The summed E-state index contributed by atoms with van der Waals surface area (Å²) < 4.78 is 42.7. The Balaban J connectivity index is 2.59. The second-order valence-electron chi connectivity index (χ2n) is 5.73. The van der Waals surface area contributed by atoms with Gasteiger partial charge in [-0.25, -0.2) is 13.2 Å². The third-order valence-corrected chi connectivity index (χ3v) is 4.41. The Morgan fingerprint density at radius 2 is 1.89 bits per heavy atom. The number of aliphatic hydroxyl groups excluding tert-OH is 2. The Bertz CT molecular complexity index is 1180. The van der Waals surface area contributed by atoms with Crippen molar-refractivity contribution in [1.82, 2.24) is 4.57 Å². The fourth-order valence-electron chi connectivity index (χ4n) is 2.76. The number of rotatable bonds is 3. The van der Waals surface area contributed by atoms with E-state index in [9.17, 15) is 28.2 Å². The van der Waals surface area contributed by atoms with Gasteiger partial charge in [0.1, 0.15) is 16.6 Å². The van der Waals surface area contributed by atoms with E-state index < -0.39 is 40.3 Å². The number of benzene rings is 2. The number of hydrogen-bond donors (Lipinski definition) is 3. The molecular formula is C18H12ClF3N2O3. The summed E-state index contributed by atoms with van der Waals surface area (Å²) in [5, 5.41) is 18.2. The Labute approximate surface area is 155 Å². The summed E-state index contributed by atoms with van der Waals surface area (Å²) in [6, 6.07) is 2.72. The van der Waals surface area contributed by atoms with Crippen LogP contribution in [0.5, 0.6) is 0 Å². The van der Waals surface area contributed by atoms with Crippen LogP contribution in [-0.4, -0.2) is 14.8 Å². The van der Waals surface area contributed by atoms with E-state index in [1.165, 1.54) is 0 Å². The molecule has 0 saturated heterocycles. The molecule has 0 saturated carbocycles. The lowest BCUT2D eigenvalue weighted by atomic mass is 10.1. The van der Waals surface area contributed by atoms with E-state index in [-0.39, 0.29) is 33.4 Å². The summed E-state index contributed by atoms with van der Waals surface area (Å²) in [5.41, 5.74) is 3.96. The quantitative estimate of drug-likeness (QED) is 0.358. The van der Waals surface area contributed by atoms with Crippen molar-refractivity contribution in [2.75, 3.05) is 5.73 Å². The van der Waals surface area contributed by atoms with Crippen LogP contribution in [0.1, 0.15) is 11.1 Å². The number of pyridine rings is 1. The van der Waals surface area contributed by atoms with Crippen molar-refractivity contribution in [3.05, 3.63) is 74.8 Å². The topological polar surface area (TPSA) is 88.5 Å². The Morgan fingerprint density at radius 3 is 2.48 bits per heavy atom. The number of nitrogen functional groups attached to an aromatic ring is 1. The zero-order valence-corrected chi connectivity index (χ0v) is 14.3. The smallest absolute Gasteiger partial charge is 0.200 e. The molecule has 3 aromatic rings. The molecule has 1 heterocycles. The van der Waals surface area contributed by atoms with Crippen molar-refractivity contribution in [3.8, 4) is 5.69 Å². The number of anilines is 1. The van der Waals surface area contributed by atoms with E-state index in [0.29, 0.717) is 6.07 Å². The normalized spacial score (nSPS) is 11.1. The molecule has 0 spiro atoms. The maximum Gasteiger partial charge on any atom is 0.200 e. The minimum Gasteiger partial charge on any atom is -0.508 e. The third kappa shape index (κ3) is 2.92.